The Morgan fingerprint density at radius 2 is 2.09 bits per heavy atom. The molecule has 1 N–H and O–H groups in total. The van der Waals surface area contributed by atoms with Crippen molar-refractivity contribution < 1.29 is 9.32 Å². The molecule has 3 rings (SSSR count). The van der Waals surface area contributed by atoms with E-state index < -0.39 is 0 Å². The fourth-order valence-electron chi connectivity index (χ4n) is 2.14. The first-order valence-corrected chi connectivity index (χ1v) is 7.37. The van der Waals surface area contributed by atoms with Crippen LogP contribution >= 0.6 is 0 Å². The van der Waals surface area contributed by atoms with Gasteiger partial charge in [0.1, 0.15) is 0 Å². The van der Waals surface area contributed by atoms with Crippen molar-refractivity contribution in [2.24, 2.45) is 0 Å². The number of carbonyl (C=O) groups excluding carboxylic acids is 1. The number of aromatic nitrogens is 3. The average Bonchev–Trinajstić information content (AvgIpc) is 3.06. The number of anilines is 1. The summed E-state index contributed by atoms with van der Waals surface area (Å²) in [6.07, 6.45) is 4.26. The summed E-state index contributed by atoms with van der Waals surface area (Å²) >= 11 is 0. The molecular formula is C17H16N4O2. The lowest BCUT2D eigenvalue weighted by molar-refractivity contribution is -0.115. The number of nitrogens with one attached hydrogen (secondary N) is 1. The summed E-state index contributed by atoms with van der Waals surface area (Å²) in [7, 11) is 0. The molecule has 116 valence electrons. The quantitative estimate of drug-likeness (QED) is 0.783. The van der Waals surface area contributed by atoms with E-state index in [0.717, 1.165) is 16.8 Å². The second kappa shape index (κ2) is 6.83. The summed E-state index contributed by atoms with van der Waals surface area (Å²) < 4.78 is 5.31. The molecule has 0 radical (unpaired) electrons. The molecule has 0 atom stereocenters. The summed E-state index contributed by atoms with van der Waals surface area (Å²) in [5.74, 6) is 0.962. The summed E-state index contributed by atoms with van der Waals surface area (Å²) in [6, 6.07) is 11.3. The van der Waals surface area contributed by atoms with Crippen molar-refractivity contribution in [3.63, 3.8) is 0 Å². The van der Waals surface area contributed by atoms with Crippen LogP contribution in [0.2, 0.25) is 0 Å². The Morgan fingerprint density at radius 3 is 2.87 bits per heavy atom. The van der Waals surface area contributed by atoms with Crippen LogP contribution in [0.4, 0.5) is 5.69 Å². The van der Waals surface area contributed by atoms with Gasteiger partial charge >= 0.3 is 0 Å². The predicted octanol–water partition coefficient (Wildman–Crippen LogP) is 3.07. The predicted molar refractivity (Wildman–Crippen MR) is 85.7 cm³/mol. The summed E-state index contributed by atoms with van der Waals surface area (Å²) in [5, 5.41) is 6.86. The maximum absolute atomic E-state index is 11.6. The molecule has 0 unspecified atom stereocenters. The van der Waals surface area contributed by atoms with E-state index in [1.54, 1.807) is 12.4 Å². The monoisotopic (exact) mass is 308 g/mol. The molecule has 2 heterocycles. The van der Waals surface area contributed by atoms with E-state index >= 15 is 0 Å². The molecule has 6 nitrogen and oxygen atoms in total. The molecule has 0 bridgehead atoms. The number of para-hydroxylation sites is 1. The van der Waals surface area contributed by atoms with Crippen LogP contribution < -0.4 is 5.32 Å². The number of amides is 1. The Kier molecular flexibility index (Phi) is 4.42. The SMILES string of the molecule is CCC(=O)Nc1ccccc1Cc1nc(-c2cccnc2)no1. The number of carbonyl (C=O) groups is 1. The zero-order valence-electron chi connectivity index (χ0n) is 12.7. The number of nitrogens with zero attached hydrogens (tertiary/aromatic N) is 3. The topological polar surface area (TPSA) is 80.9 Å². The lowest BCUT2D eigenvalue weighted by atomic mass is 10.1. The van der Waals surface area contributed by atoms with Crippen LogP contribution in [-0.2, 0) is 11.2 Å². The van der Waals surface area contributed by atoms with Gasteiger partial charge in [0.05, 0.1) is 6.42 Å². The van der Waals surface area contributed by atoms with Gasteiger partial charge in [0.25, 0.3) is 0 Å². The van der Waals surface area contributed by atoms with Gasteiger partial charge in [0, 0.05) is 30.1 Å². The van der Waals surface area contributed by atoms with Gasteiger partial charge in [-0.15, -0.1) is 0 Å². The molecule has 0 aliphatic rings. The molecule has 0 aliphatic heterocycles. The third kappa shape index (κ3) is 3.60. The van der Waals surface area contributed by atoms with Crippen LogP contribution in [0.1, 0.15) is 24.8 Å². The van der Waals surface area contributed by atoms with Crippen LogP contribution in [0.3, 0.4) is 0 Å². The van der Waals surface area contributed by atoms with Gasteiger partial charge in [0.15, 0.2) is 0 Å². The molecule has 0 saturated carbocycles. The van der Waals surface area contributed by atoms with E-state index in [0.29, 0.717) is 24.6 Å². The van der Waals surface area contributed by atoms with Crippen molar-refractivity contribution in [3.8, 4) is 11.4 Å². The highest BCUT2D eigenvalue weighted by Crippen LogP contribution is 2.20. The normalized spacial score (nSPS) is 10.5. The first-order chi connectivity index (χ1) is 11.3. The minimum atomic E-state index is -0.0287. The third-order valence-electron chi connectivity index (χ3n) is 3.34. The Hall–Kier alpha value is -3.02. The van der Waals surface area contributed by atoms with E-state index in [4.69, 9.17) is 4.52 Å². The zero-order chi connectivity index (χ0) is 16.1. The molecule has 1 amide bonds. The Balaban J connectivity index is 1.80. The van der Waals surface area contributed by atoms with Crippen molar-refractivity contribution in [1.29, 1.82) is 0 Å². The molecule has 3 aromatic rings. The number of rotatable bonds is 5. The fraction of sp³-hybridized carbons (Fsp3) is 0.176. The molecule has 6 heteroatoms. The second-order valence-electron chi connectivity index (χ2n) is 4.99. The number of hydrogen-bond acceptors (Lipinski definition) is 5. The van der Waals surface area contributed by atoms with Gasteiger partial charge in [0.2, 0.25) is 17.6 Å². The van der Waals surface area contributed by atoms with Crippen LogP contribution in [0.15, 0.2) is 53.3 Å². The first-order valence-electron chi connectivity index (χ1n) is 7.37. The van der Waals surface area contributed by atoms with E-state index in [-0.39, 0.29) is 5.91 Å². The maximum Gasteiger partial charge on any atom is 0.231 e. The minimum absolute atomic E-state index is 0.0287. The molecular weight excluding hydrogens is 292 g/mol. The zero-order valence-corrected chi connectivity index (χ0v) is 12.7. The van der Waals surface area contributed by atoms with Gasteiger partial charge in [-0.05, 0) is 23.8 Å². The molecule has 0 aliphatic carbocycles. The smallest absolute Gasteiger partial charge is 0.231 e. The molecule has 0 saturated heterocycles. The Morgan fingerprint density at radius 1 is 1.22 bits per heavy atom. The van der Waals surface area contributed by atoms with Crippen molar-refractivity contribution in [2.75, 3.05) is 5.32 Å². The van der Waals surface area contributed by atoms with Gasteiger partial charge in [-0.1, -0.05) is 30.3 Å². The van der Waals surface area contributed by atoms with Crippen molar-refractivity contribution >= 4 is 11.6 Å². The number of hydrogen-bond donors (Lipinski definition) is 1. The highest BCUT2D eigenvalue weighted by atomic mass is 16.5. The van der Waals surface area contributed by atoms with Gasteiger partial charge in [-0.3, -0.25) is 9.78 Å². The van der Waals surface area contributed by atoms with Gasteiger partial charge in [-0.25, -0.2) is 0 Å². The van der Waals surface area contributed by atoms with Crippen molar-refractivity contribution in [2.45, 2.75) is 19.8 Å². The van der Waals surface area contributed by atoms with Crippen LogP contribution in [0.25, 0.3) is 11.4 Å². The summed E-state index contributed by atoms with van der Waals surface area (Å²) in [4.78, 5) is 20.0. The average molecular weight is 308 g/mol. The van der Waals surface area contributed by atoms with E-state index in [1.165, 1.54) is 0 Å². The lowest BCUT2D eigenvalue weighted by Crippen LogP contribution is -2.11. The van der Waals surface area contributed by atoms with Gasteiger partial charge < -0.3 is 9.84 Å². The fourth-order valence-corrected chi connectivity index (χ4v) is 2.14. The van der Waals surface area contributed by atoms with E-state index in [2.05, 4.69) is 20.4 Å². The van der Waals surface area contributed by atoms with E-state index in [9.17, 15) is 4.79 Å². The first kappa shape index (κ1) is 14.9. The third-order valence-corrected chi connectivity index (χ3v) is 3.34. The lowest BCUT2D eigenvalue weighted by Gasteiger charge is -2.08. The van der Waals surface area contributed by atoms with Crippen LogP contribution in [0.5, 0.6) is 0 Å². The van der Waals surface area contributed by atoms with Crippen LogP contribution in [-0.4, -0.2) is 21.0 Å². The largest absolute Gasteiger partial charge is 0.339 e. The molecule has 0 spiro atoms. The van der Waals surface area contributed by atoms with Gasteiger partial charge in [-0.2, -0.15) is 4.98 Å². The molecule has 1 aromatic carbocycles. The summed E-state index contributed by atoms with van der Waals surface area (Å²) in [6.45, 7) is 1.82. The molecule has 23 heavy (non-hydrogen) atoms. The van der Waals surface area contributed by atoms with Crippen LogP contribution in [0, 0.1) is 0 Å². The minimum Gasteiger partial charge on any atom is -0.339 e. The van der Waals surface area contributed by atoms with E-state index in [1.807, 2.05) is 43.3 Å². The second-order valence-corrected chi connectivity index (χ2v) is 4.99. The Bertz CT molecular complexity index is 799. The molecule has 2 aromatic heterocycles. The maximum atomic E-state index is 11.6. The standard InChI is InChI=1S/C17H16N4O2/c1-2-15(22)19-14-8-4-3-6-12(14)10-16-20-17(21-23-16)13-7-5-9-18-11-13/h3-9,11H,2,10H2,1H3,(H,19,22). The molecule has 0 fully saturated rings. The Labute approximate surface area is 133 Å². The van der Waals surface area contributed by atoms with Crippen molar-refractivity contribution in [3.05, 3.63) is 60.2 Å². The van der Waals surface area contributed by atoms with Crippen molar-refractivity contribution in [1.82, 2.24) is 15.1 Å². The highest BCUT2D eigenvalue weighted by molar-refractivity contribution is 5.91. The highest BCUT2D eigenvalue weighted by Gasteiger charge is 2.12. The summed E-state index contributed by atoms with van der Waals surface area (Å²) in [5.41, 5.74) is 2.49. The number of pyridine rings is 1. The number of benzene rings is 1.